The van der Waals surface area contributed by atoms with Crippen LogP contribution in [-0.2, 0) is 16.1 Å². The van der Waals surface area contributed by atoms with Crippen molar-refractivity contribution in [3.8, 4) is 5.69 Å². The molecule has 1 amide bonds. The maximum atomic E-state index is 12.3. The highest BCUT2D eigenvalue weighted by atomic mass is 16.5. The molecule has 144 valence electrons. The Kier molecular flexibility index (Phi) is 5.89. The van der Waals surface area contributed by atoms with Crippen molar-refractivity contribution in [2.75, 3.05) is 13.6 Å². The number of aromatic nitrogens is 2. The summed E-state index contributed by atoms with van der Waals surface area (Å²) in [4.78, 5) is 25.7. The van der Waals surface area contributed by atoms with Gasteiger partial charge in [0.1, 0.15) is 13.2 Å². The average Bonchev–Trinajstić information content (AvgIpc) is 3.05. The van der Waals surface area contributed by atoms with E-state index in [9.17, 15) is 9.59 Å². The van der Waals surface area contributed by atoms with Crippen LogP contribution in [0.3, 0.4) is 0 Å². The fourth-order valence-electron chi connectivity index (χ4n) is 2.90. The Morgan fingerprint density at radius 3 is 2.32 bits per heavy atom. The summed E-state index contributed by atoms with van der Waals surface area (Å²) in [6.45, 7) is 4.01. The molecule has 0 unspecified atom stereocenters. The van der Waals surface area contributed by atoms with Gasteiger partial charge in [0.05, 0.1) is 11.4 Å². The largest absolute Gasteiger partial charge is 0.459 e. The van der Waals surface area contributed by atoms with E-state index in [2.05, 4.69) is 5.10 Å². The van der Waals surface area contributed by atoms with Gasteiger partial charge in [0.25, 0.3) is 5.91 Å². The normalized spacial score (nSPS) is 10.5. The summed E-state index contributed by atoms with van der Waals surface area (Å²) in [5, 5.41) is 4.45. The number of ether oxygens (including phenoxy) is 1. The van der Waals surface area contributed by atoms with Gasteiger partial charge in [0, 0.05) is 18.3 Å². The summed E-state index contributed by atoms with van der Waals surface area (Å²) < 4.78 is 7.17. The lowest BCUT2D eigenvalue weighted by Gasteiger charge is -2.16. The zero-order valence-electron chi connectivity index (χ0n) is 16.3. The monoisotopic (exact) mass is 377 g/mol. The van der Waals surface area contributed by atoms with E-state index in [0.29, 0.717) is 5.56 Å². The molecule has 0 atom stereocenters. The number of esters is 1. The topological polar surface area (TPSA) is 64.4 Å². The Bertz CT molecular complexity index is 962. The van der Waals surface area contributed by atoms with Gasteiger partial charge in [-0.1, -0.05) is 30.3 Å². The SMILES string of the molecule is Cc1cc(C)n(-c2ccc(COC(=O)CN(C)C(=O)c3ccccc3)cc2)n1. The second-order valence-corrected chi connectivity index (χ2v) is 6.69. The molecule has 2 aromatic carbocycles. The molecule has 0 aliphatic heterocycles. The van der Waals surface area contributed by atoms with Crippen molar-refractivity contribution >= 4 is 11.9 Å². The minimum Gasteiger partial charge on any atom is -0.459 e. The van der Waals surface area contributed by atoms with E-state index in [4.69, 9.17) is 4.74 Å². The van der Waals surface area contributed by atoms with Crippen LogP contribution in [-0.4, -0.2) is 40.1 Å². The molecule has 0 aliphatic carbocycles. The van der Waals surface area contributed by atoms with E-state index >= 15 is 0 Å². The third-order valence-electron chi connectivity index (χ3n) is 4.32. The molecule has 0 radical (unpaired) electrons. The first-order valence-electron chi connectivity index (χ1n) is 9.03. The van der Waals surface area contributed by atoms with Gasteiger partial charge in [-0.05, 0) is 49.7 Å². The maximum Gasteiger partial charge on any atom is 0.325 e. The van der Waals surface area contributed by atoms with Crippen LogP contribution in [0.5, 0.6) is 0 Å². The molecule has 0 spiro atoms. The highest BCUT2D eigenvalue weighted by Gasteiger charge is 2.15. The standard InChI is InChI=1S/C22H23N3O3/c1-16-13-17(2)25(23-16)20-11-9-18(10-12-20)15-28-21(26)14-24(3)22(27)19-7-5-4-6-8-19/h4-13H,14-15H2,1-3H3. The summed E-state index contributed by atoms with van der Waals surface area (Å²) in [7, 11) is 1.58. The number of likely N-dealkylation sites (N-methyl/N-ethyl adjacent to an activating group) is 1. The van der Waals surface area contributed by atoms with Crippen molar-refractivity contribution < 1.29 is 14.3 Å². The zero-order valence-corrected chi connectivity index (χ0v) is 16.3. The quantitative estimate of drug-likeness (QED) is 0.618. The number of hydrogen-bond donors (Lipinski definition) is 0. The maximum absolute atomic E-state index is 12.3. The fraction of sp³-hybridized carbons (Fsp3) is 0.227. The average molecular weight is 377 g/mol. The molecule has 0 fully saturated rings. The van der Waals surface area contributed by atoms with Gasteiger partial charge < -0.3 is 9.64 Å². The van der Waals surface area contributed by atoms with Crippen molar-refractivity contribution in [3.05, 3.63) is 83.2 Å². The fourth-order valence-corrected chi connectivity index (χ4v) is 2.90. The van der Waals surface area contributed by atoms with E-state index in [1.54, 1.807) is 31.3 Å². The van der Waals surface area contributed by atoms with Gasteiger partial charge in [-0.3, -0.25) is 9.59 Å². The second kappa shape index (κ2) is 8.52. The summed E-state index contributed by atoms with van der Waals surface area (Å²) in [6, 6.07) is 18.5. The van der Waals surface area contributed by atoms with Crippen molar-refractivity contribution in [2.24, 2.45) is 0 Å². The van der Waals surface area contributed by atoms with Crippen LogP contribution in [0.1, 0.15) is 27.3 Å². The van der Waals surface area contributed by atoms with Gasteiger partial charge in [0.15, 0.2) is 0 Å². The molecule has 0 saturated carbocycles. The van der Waals surface area contributed by atoms with E-state index in [1.165, 1.54) is 4.90 Å². The molecular weight excluding hydrogens is 354 g/mol. The number of rotatable bonds is 6. The second-order valence-electron chi connectivity index (χ2n) is 6.69. The number of nitrogens with zero attached hydrogens (tertiary/aromatic N) is 3. The Balaban J connectivity index is 1.53. The minimum absolute atomic E-state index is 0.0996. The van der Waals surface area contributed by atoms with Gasteiger partial charge in [-0.2, -0.15) is 5.10 Å². The van der Waals surface area contributed by atoms with Crippen LogP contribution >= 0.6 is 0 Å². The molecule has 1 aromatic heterocycles. The van der Waals surface area contributed by atoms with Crippen LogP contribution in [0.15, 0.2) is 60.7 Å². The third kappa shape index (κ3) is 4.65. The molecule has 1 heterocycles. The first kappa shape index (κ1) is 19.4. The number of carbonyl (C=O) groups is 2. The Morgan fingerprint density at radius 1 is 1.04 bits per heavy atom. The smallest absolute Gasteiger partial charge is 0.325 e. The highest BCUT2D eigenvalue weighted by Crippen LogP contribution is 2.13. The van der Waals surface area contributed by atoms with Crippen molar-refractivity contribution in [2.45, 2.75) is 20.5 Å². The van der Waals surface area contributed by atoms with Crippen molar-refractivity contribution in [3.63, 3.8) is 0 Å². The molecule has 28 heavy (non-hydrogen) atoms. The first-order chi connectivity index (χ1) is 13.4. The van der Waals surface area contributed by atoms with Crippen molar-refractivity contribution in [1.82, 2.24) is 14.7 Å². The minimum atomic E-state index is -0.450. The molecular formula is C22H23N3O3. The highest BCUT2D eigenvalue weighted by molar-refractivity contribution is 5.95. The number of amides is 1. The Hall–Kier alpha value is -3.41. The van der Waals surface area contributed by atoms with Crippen molar-refractivity contribution in [1.29, 1.82) is 0 Å². The summed E-state index contributed by atoms with van der Waals surface area (Å²) in [6.07, 6.45) is 0. The van der Waals surface area contributed by atoms with Crippen LogP contribution in [0, 0.1) is 13.8 Å². The first-order valence-corrected chi connectivity index (χ1v) is 9.03. The van der Waals surface area contributed by atoms with Gasteiger partial charge >= 0.3 is 5.97 Å². The lowest BCUT2D eigenvalue weighted by atomic mass is 10.2. The number of hydrogen-bond acceptors (Lipinski definition) is 4. The van der Waals surface area contributed by atoms with Crippen LogP contribution < -0.4 is 0 Å². The molecule has 3 aromatic rings. The van der Waals surface area contributed by atoms with E-state index in [0.717, 1.165) is 22.6 Å². The number of carbonyl (C=O) groups excluding carboxylic acids is 2. The van der Waals surface area contributed by atoms with Gasteiger partial charge in [-0.25, -0.2) is 4.68 Å². The molecule has 0 saturated heterocycles. The molecule has 6 heteroatoms. The lowest BCUT2D eigenvalue weighted by Crippen LogP contribution is -2.32. The summed E-state index contributed by atoms with van der Waals surface area (Å²) in [5.74, 6) is -0.666. The lowest BCUT2D eigenvalue weighted by molar-refractivity contribution is -0.145. The predicted octanol–water partition coefficient (Wildman–Crippen LogP) is 3.30. The predicted molar refractivity (Wildman–Crippen MR) is 106 cm³/mol. The van der Waals surface area contributed by atoms with Crippen LogP contribution in [0.4, 0.5) is 0 Å². The van der Waals surface area contributed by atoms with E-state index in [1.807, 2.05) is 54.9 Å². The Labute approximate surface area is 164 Å². The summed E-state index contributed by atoms with van der Waals surface area (Å²) in [5.41, 5.74) is 4.38. The van der Waals surface area contributed by atoms with Gasteiger partial charge in [0.2, 0.25) is 0 Å². The van der Waals surface area contributed by atoms with Crippen LogP contribution in [0.25, 0.3) is 5.69 Å². The number of aryl methyl sites for hydroxylation is 2. The van der Waals surface area contributed by atoms with Gasteiger partial charge in [-0.15, -0.1) is 0 Å². The molecule has 0 N–H and O–H groups in total. The van der Waals surface area contributed by atoms with E-state index in [-0.39, 0.29) is 19.1 Å². The summed E-state index contributed by atoms with van der Waals surface area (Å²) >= 11 is 0. The molecule has 0 aliphatic rings. The third-order valence-corrected chi connectivity index (χ3v) is 4.32. The van der Waals surface area contributed by atoms with Crippen LogP contribution in [0.2, 0.25) is 0 Å². The van der Waals surface area contributed by atoms with E-state index < -0.39 is 5.97 Å². The Morgan fingerprint density at radius 2 is 1.71 bits per heavy atom. The number of benzene rings is 2. The zero-order chi connectivity index (χ0) is 20.1. The molecule has 6 nitrogen and oxygen atoms in total. The molecule has 3 rings (SSSR count). The molecule has 0 bridgehead atoms.